The Morgan fingerprint density at radius 2 is 1.50 bits per heavy atom. The van der Waals surface area contributed by atoms with E-state index in [-0.39, 0.29) is 5.41 Å². The number of hydrogen-bond acceptors (Lipinski definition) is 6. The average molecular weight is 502 g/mol. The minimum atomic E-state index is 0.145. The number of thiocarbonyl (C=S) groups is 1. The predicted octanol–water partition coefficient (Wildman–Crippen LogP) is 7.81. The molecule has 6 heteroatoms. The molecule has 0 amide bonds. The van der Waals surface area contributed by atoms with Crippen molar-refractivity contribution >= 4 is 47.2 Å². The van der Waals surface area contributed by atoms with Crippen LogP contribution in [0.3, 0.4) is 0 Å². The molecule has 0 fully saturated rings. The summed E-state index contributed by atoms with van der Waals surface area (Å²) in [4.78, 5) is 5.67. The number of hydrogen-bond donors (Lipinski definition) is 1. The van der Waals surface area contributed by atoms with Crippen molar-refractivity contribution in [2.24, 2.45) is 5.41 Å². The highest BCUT2D eigenvalue weighted by atomic mass is 32.1. The molecule has 0 aromatic heterocycles. The first-order chi connectivity index (χ1) is 14.9. The molecule has 0 spiro atoms. The van der Waals surface area contributed by atoms with Crippen LogP contribution in [0.1, 0.15) is 74.7 Å². The van der Waals surface area contributed by atoms with Gasteiger partial charge in [0, 0.05) is 18.5 Å². The lowest BCUT2D eigenvalue weighted by Gasteiger charge is -2.23. The van der Waals surface area contributed by atoms with Gasteiger partial charge in [0.05, 0.1) is 14.7 Å². The molecule has 1 aromatic rings. The van der Waals surface area contributed by atoms with Crippen LogP contribution in [0.5, 0.6) is 0 Å². The lowest BCUT2D eigenvalue weighted by Crippen LogP contribution is -2.26. The highest BCUT2D eigenvalue weighted by Crippen LogP contribution is 2.24. The largest absolute Gasteiger partial charge is 0.373 e. The topological polar surface area (TPSA) is 18.5 Å². The molecule has 0 unspecified atom stereocenters. The zero-order chi connectivity index (χ0) is 25.9. The van der Waals surface area contributed by atoms with Gasteiger partial charge in [-0.3, -0.25) is 0 Å². The summed E-state index contributed by atoms with van der Waals surface area (Å²) in [5, 5.41) is 2.75. The summed E-state index contributed by atoms with van der Waals surface area (Å²) < 4.78 is 1.71. The third-order valence-electron chi connectivity index (χ3n) is 4.67. The van der Waals surface area contributed by atoms with Gasteiger partial charge in [0.25, 0.3) is 0 Å². The number of allylic oxidation sites excluding steroid dienone is 1. The van der Waals surface area contributed by atoms with Gasteiger partial charge >= 0.3 is 0 Å². The second-order valence-electron chi connectivity index (χ2n) is 8.57. The van der Waals surface area contributed by atoms with E-state index in [1.54, 1.807) is 0 Å². The Hall–Kier alpha value is -0.530. The number of rotatable bonds is 10. The molecule has 0 aliphatic heterocycles. The van der Waals surface area contributed by atoms with E-state index in [1.807, 2.05) is 40.9 Å². The molecule has 3 nitrogen and oxygen atoms in total. The third kappa shape index (κ3) is 17.0. The van der Waals surface area contributed by atoms with Gasteiger partial charge in [0.1, 0.15) is 0 Å². The van der Waals surface area contributed by atoms with Gasteiger partial charge in [-0.2, -0.15) is 0 Å². The summed E-state index contributed by atoms with van der Waals surface area (Å²) in [6.07, 6.45) is 3.71. The summed E-state index contributed by atoms with van der Waals surface area (Å²) in [5.74, 6) is 0. The molecule has 188 valence electrons. The van der Waals surface area contributed by atoms with Crippen molar-refractivity contribution in [1.29, 1.82) is 0 Å². The molecular formula is C26H51N3S3. The summed E-state index contributed by atoms with van der Waals surface area (Å²) >= 11 is 15.3. The number of nitrogens with one attached hydrogen (secondary N) is 1. The maximum absolute atomic E-state index is 5.22. The van der Waals surface area contributed by atoms with Crippen molar-refractivity contribution < 1.29 is 0 Å². The standard InChI is InChI=1S/C14H24N2S2.C8H14S.C2H7N.C2H6/c1-4-8-16(5-2)10-7-6-9-15(3)12-11-13(17)14(12)18;1-6(7(2)9)8(3,4)5;1-3-2;1-2/h11H,4-10H2,1-3H3;1H2,2-5H3;3H,1-2H3;1-2H3. The Morgan fingerprint density at radius 1 is 1.03 bits per heavy atom. The van der Waals surface area contributed by atoms with Crippen molar-refractivity contribution in [3.63, 3.8) is 0 Å². The molecule has 32 heavy (non-hydrogen) atoms. The molecule has 0 atom stereocenters. The van der Waals surface area contributed by atoms with E-state index in [0.717, 1.165) is 38.2 Å². The fraction of sp³-hybridized carbons (Fsp3) is 0.731. The Bertz CT molecular complexity index is 683. The molecule has 0 aliphatic rings. The maximum atomic E-state index is 5.22. The van der Waals surface area contributed by atoms with Gasteiger partial charge in [-0.05, 0) is 77.0 Å². The Labute approximate surface area is 216 Å². The van der Waals surface area contributed by atoms with Crippen molar-refractivity contribution in [1.82, 2.24) is 10.2 Å². The van der Waals surface area contributed by atoms with Crippen LogP contribution in [0.15, 0.2) is 18.2 Å². The van der Waals surface area contributed by atoms with Gasteiger partial charge in [-0.25, -0.2) is 0 Å². The van der Waals surface area contributed by atoms with Crippen molar-refractivity contribution in [2.45, 2.75) is 74.7 Å². The molecule has 0 saturated carbocycles. The van der Waals surface area contributed by atoms with E-state index in [9.17, 15) is 0 Å². The second-order valence-corrected chi connectivity index (χ2v) is 10.0. The molecule has 1 aromatic carbocycles. The van der Waals surface area contributed by atoms with Crippen LogP contribution in [-0.2, 0) is 0 Å². The zero-order valence-corrected chi connectivity index (χ0v) is 25.3. The SMILES string of the molecule is C=C(C(C)=S)C(C)(C)C.CC.CCCN(CC)CCCCN(C)c1cc(=S)c1=S.CNC. The first-order valence-electron chi connectivity index (χ1n) is 11.9. The highest BCUT2D eigenvalue weighted by Gasteiger charge is 2.15. The molecule has 0 radical (unpaired) electrons. The van der Waals surface area contributed by atoms with Crippen LogP contribution < -0.4 is 10.2 Å². The van der Waals surface area contributed by atoms with E-state index in [2.05, 4.69) is 63.4 Å². The van der Waals surface area contributed by atoms with Crippen LogP contribution in [-0.4, -0.2) is 57.1 Å². The van der Waals surface area contributed by atoms with Crippen molar-refractivity contribution in [3.05, 3.63) is 27.2 Å². The number of nitrogens with zero attached hydrogens (tertiary/aromatic N) is 2. The van der Waals surface area contributed by atoms with Crippen molar-refractivity contribution in [3.8, 4) is 0 Å². The minimum absolute atomic E-state index is 0.145. The van der Waals surface area contributed by atoms with Crippen molar-refractivity contribution in [2.75, 3.05) is 52.2 Å². The highest BCUT2D eigenvalue weighted by molar-refractivity contribution is 7.80. The Morgan fingerprint density at radius 3 is 1.78 bits per heavy atom. The molecule has 0 heterocycles. The number of unbranched alkanes of at least 4 members (excludes halogenated alkanes) is 1. The van der Waals surface area contributed by atoms with E-state index in [1.165, 1.54) is 32.4 Å². The average Bonchev–Trinajstić information content (AvgIpc) is 2.74. The van der Waals surface area contributed by atoms with Gasteiger partial charge in [0.15, 0.2) is 0 Å². The van der Waals surface area contributed by atoms with E-state index < -0.39 is 0 Å². The van der Waals surface area contributed by atoms with Crippen LogP contribution in [0.2, 0.25) is 0 Å². The van der Waals surface area contributed by atoms with E-state index in [0.29, 0.717) is 0 Å². The lowest BCUT2D eigenvalue weighted by atomic mass is 9.86. The smallest absolute Gasteiger partial charge is 0.0792 e. The maximum Gasteiger partial charge on any atom is 0.0792 e. The normalized spacial score (nSPS) is 10.2. The predicted molar refractivity (Wildman–Crippen MR) is 159 cm³/mol. The van der Waals surface area contributed by atoms with E-state index in [4.69, 9.17) is 36.7 Å². The summed E-state index contributed by atoms with van der Waals surface area (Å²) in [6.45, 7) is 25.3. The fourth-order valence-electron chi connectivity index (χ4n) is 2.66. The number of anilines is 1. The molecule has 0 aliphatic carbocycles. The fourth-order valence-corrected chi connectivity index (χ4v) is 3.46. The van der Waals surface area contributed by atoms with Crippen LogP contribution in [0.4, 0.5) is 5.69 Å². The van der Waals surface area contributed by atoms with Crippen LogP contribution in [0.25, 0.3) is 0 Å². The summed E-state index contributed by atoms with van der Waals surface area (Å²) in [6, 6.07) is 2.01. The first kappa shape index (κ1) is 36.0. The van der Waals surface area contributed by atoms with Crippen LogP contribution in [0, 0.1) is 14.4 Å². The molecule has 0 saturated heterocycles. The Balaban J connectivity index is -0.000000503. The molecule has 0 bridgehead atoms. The second kappa shape index (κ2) is 21.0. The minimum Gasteiger partial charge on any atom is -0.373 e. The summed E-state index contributed by atoms with van der Waals surface area (Å²) in [5.41, 5.74) is 2.36. The van der Waals surface area contributed by atoms with Crippen LogP contribution >= 0.6 is 36.7 Å². The molecule has 1 N–H and O–H groups in total. The van der Waals surface area contributed by atoms with E-state index >= 15 is 0 Å². The quantitative estimate of drug-likeness (QED) is 0.199. The van der Waals surface area contributed by atoms with Gasteiger partial charge < -0.3 is 15.1 Å². The lowest BCUT2D eigenvalue weighted by molar-refractivity contribution is 0.283. The summed E-state index contributed by atoms with van der Waals surface area (Å²) in [7, 11) is 5.85. The molecular weight excluding hydrogens is 451 g/mol. The third-order valence-corrected chi connectivity index (χ3v) is 5.80. The van der Waals surface area contributed by atoms with Gasteiger partial charge in [-0.15, -0.1) is 0 Å². The van der Waals surface area contributed by atoms with Gasteiger partial charge in [0.2, 0.25) is 0 Å². The zero-order valence-electron chi connectivity index (χ0n) is 22.9. The first-order valence-corrected chi connectivity index (χ1v) is 13.1. The van der Waals surface area contributed by atoms with Gasteiger partial charge in [-0.1, -0.05) is 91.7 Å². The Kier molecular flexibility index (Phi) is 23.7. The monoisotopic (exact) mass is 501 g/mol. The molecule has 1 rings (SSSR count).